The average Bonchev–Trinajstić information content (AvgIpc) is 3.55. The number of nitrogens with zero attached hydrogens (tertiary/aromatic N) is 2. The van der Waals surface area contributed by atoms with Gasteiger partial charge in [-0.25, -0.2) is 4.98 Å². The first-order valence-corrected chi connectivity index (χ1v) is 15.1. The van der Waals surface area contributed by atoms with E-state index in [0.29, 0.717) is 6.42 Å². The zero-order valence-corrected chi connectivity index (χ0v) is 24.7. The van der Waals surface area contributed by atoms with Crippen LogP contribution in [0.2, 0.25) is 0 Å². The molecule has 41 heavy (non-hydrogen) atoms. The van der Waals surface area contributed by atoms with Crippen LogP contribution in [0.25, 0.3) is 44.3 Å². The summed E-state index contributed by atoms with van der Waals surface area (Å²) in [6.45, 7) is 9.26. The number of imidazole rings is 1. The molecule has 0 aliphatic rings. The predicted molar refractivity (Wildman–Crippen MR) is 173 cm³/mol. The van der Waals surface area contributed by atoms with Crippen molar-refractivity contribution >= 4 is 45.2 Å². The minimum Gasteiger partial charge on any atom is -0.341 e. The van der Waals surface area contributed by atoms with Gasteiger partial charge in [0.05, 0.1) is 16.6 Å². The lowest BCUT2D eigenvalue weighted by molar-refractivity contribution is -0.115. The van der Waals surface area contributed by atoms with Gasteiger partial charge in [0.15, 0.2) is 5.16 Å². The van der Waals surface area contributed by atoms with Gasteiger partial charge in [0.25, 0.3) is 0 Å². The fourth-order valence-electron chi connectivity index (χ4n) is 5.41. The summed E-state index contributed by atoms with van der Waals surface area (Å²) in [6, 6.07) is 31.5. The third kappa shape index (κ3) is 5.27. The van der Waals surface area contributed by atoms with E-state index in [0.717, 1.165) is 45.3 Å². The number of hydrogen-bond acceptors (Lipinski definition) is 3. The maximum absolute atomic E-state index is 13.5. The molecular formula is C35H34N4OS. The molecule has 0 bridgehead atoms. The van der Waals surface area contributed by atoms with E-state index in [1.54, 1.807) is 0 Å². The van der Waals surface area contributed by atoms with Crippen LogP contribution in [0.15, 0.2) is 96.2 Å². The summed E-state index contributed by atoms with van der Waals surface area (Å²) >= 11 is 1.48. The van der Waals surface area contributed by atoms with Crippen molar-refractivity contribution in [1.29, 1.82) is 0 Å². The van der Waals surface area contributed by atoms with Crippen LogP contribution in [0.1, 0.15) is 31.4 Å². The number of hydrogen-bond donors (Lipinski definition) is 2. The Morgan fingerprint density at radius 1 is 0.854 bits per heavy atom. The Labute approximate surface area is 245 Å². The van der Waals surface area contributed by atoms with Crippen LogP contribution in [0.3, 0.4) is 0 Å². The highest BCUT2D eigenvalue weighted by Crippen LogP contribution is 2.36. The summed E-state index contributed by atoms with van der Waals surface area (Å²) < 4.78 is 2.31. The number of nitrogens with one attached hydrogen (secondary N) is 2. The fraction of sp³-hybridized carbons (Fsp3) is 0.200. The van der Waals surface area contributed by atoms with Crippen molar-refractivity contribution < 1.29 is 4.79 Å². The molecule has 0 fully saturated rings. The maximum atomic E-state index is 13.5. The minimum absolute atomic E-state index is 0.0266. The van der Waals surface area contributed by atoms with Gasteiger partial charge < -0.3 is 14.9 Å². The van der Waals surface area contributed by atoms with Crippen LogP contribution in [-0.2, 0) is 11.3 Å². The Morgan fingerprint density at radius 2 is 1.51 bits per heavy atom. The van der Waals surface area contributed by atoms with E-state index < -0.39 is 0 Å². The molecule has 1 atom stereocenters. The van der Waals surface area contributed by atoms with Crippen LogP contribution < -0.4 is 5.32 Å². The number of fused-ring (bicyclic) bond motifs is 3. The Kier molecular flexibility index (Phi) is 7.41. The van der Waals surface area contributed by atoms with Gasteiger partial charge in [0.2, 0.25) is 5.91 Å². The van der Waals surface area contributed by atoms with Gasteiger partial charge in [-0.05, 0) is 51.5 Å². The van der Waals surface area contributed by atoms with Gasteiger partial charge >= 0.3 is 0 Å². The SMILES string of the molecule is CCC(Sc1nc(-c2ccc(C)cc2)c(-c2ccc(C)cc2)[nH]1)C(=O)Nc1ccc2c(c1)c1ccccc1n2CC. The molecule has 0 aliphatic heterocycles. The Bertz CT molecular complexity index is 1790. The summed E-state index contributed by atoms with van der Waals surface area (Å²) in [7, 11) is 0. The number of anilines is 1. The topological polar surface area (TPSA) is 62.7 Å². The highest BCUT2D eigenvalue weighted by molar-refractivity contribution is 8.00. The number of aromatic amines is 1. The van der Waals surface area contributed by atoms with Crippen LogP contribution in [0.4, 0.5) is 5.69 Å². The molecule has 2 heterocycles. The lowest BCUT2D eigenvalue weighted by atomic mass is 10.0. The number of carbonyl (C=O) groups is 1. The molecule has 0 saturated carbocycles. The molecule has 6 aromatic rings. The second-order valence-electron chi connectivity index (χ2n) is 10.5. The van der Waals surface area contributed by atoms with Gasteiger partial charge in [0, 0.05) is 45.2 Å². The summed E-state index contributed by atoms with van der Waals surface area (Å²) in [4.78, 5) is 22.1. The van der Waals surface area contributed by atoms with Crippen molar-refractivity contribution in [2.45, 2.75) is 51.1 Å². The molecule has 1 unspecified atom stereocenters. The third-order valence-corrected chi connectivity index (χ3v) is 8.87. The molecule has 0 aliphatic carbocycles. The zero-order chi connectivity index (χ0) is 28.5. The lowest BCUT2D eigenvalue weighted by Crippen LogP contribution is -2.24. The number of para-hydroxylation sites is 1. The van der Waals surface area contributed by atoms with Crippen LogP contribution in [0, 0.1) is 13.8 Å². The van der Waals surface area contributed by atoms with Gasteiger partial charge in [-0.2, -0.15) is 0 Å². The molecule has 2 aromatic heterocycles. The number of amides is 1. The van der Waals surface area contributed by atoms with E-state index in [9.17, 15) is 4.79 Å². The standard InChI is InChI=1S/C35H34N4OS/c1-5-31(34(40)36-26-19-20-30-28(21-26)27-9-7-8-10-29(27)39(30)6-2)41-35-37-32(24-15-11-22(3)12-16-24)33(38-35)25-17-13-23(4)14-18-25/h7-21,31H,5-6H2,1-4H3,(H,36,40)(H,37,38). The molecule has 0 spiro atoms. The van der Waals surface area contributed by atoms with E-state index in [4.69, 9.17) is 4.98 Å². The lowest BCUT2D eigenvalue weighted by Gasteiger charge is -2.14. The smallest absolute Gasteiger partial charge is 0.237 e. The first kappa shape index (κ1) is 26.9. The molecule has 0 radical (unpaired) electrons. The van der Waals surface area contributed by atoms with E-state index in [1.165, 1.54) is 39.3 Å². The van der Waals surface area contributed by atoms with Gasteiger partial charge in [-0.3, -0.25) is 4.79 Å². The van der Waals surface area contributed by atoms with E-state index in [1.807, 2.05) is 13.0 Å². The quantitative estimate of drug-likeness (QED) is 0.183. The van der Waals surface area contributed by atoms with Crippen molar-refractivity contribution in [3.05, 3.63) is 102 Å². The van der Waals surface area contributed by atoms with Crippen molar-refractivity contribution in [3.63, 3.8) is 0 Å². The fourth-order valence-corrected chi connectivity index (χ4v) is 6.32. The second kappa shape index (κ2) is 11.3. The highest BCUT2D eigenvalue weighted by atomic mass is 32.2. The number of H-pyrrole nitrogens is 1. The van der Waals surface area contributed by atoms with Crippen molar-refractivity contribution in [3.8, 4) is 22.5 Å². The Balaban J connectivity index is 1.29. The number of rotatable bonds is 8. The molecule has 4 aromatic carbocycles. The Hall–Kier alpha value is -4.29. The van der Waals surface area contributed by atoms with Crippen LogP contribution in [-0.4, -0.2) is 25.7 Å². The summed E-state index contributed by atoms with van der Waals surface area (Å²) in [5, 5.41) is 5.97. The molecule has 206 valence electrons. The third-order valence-electron chi connectivity index (χ3n) is 7.62. The van der Waals surface area contributed by atoms with Gasteiger partial charge in [-0.1, -0.05) is 96.5 Å². The molecule has 6 rings (SSSR count). The molecule has 5 nitrogen and oxygen atoms in total. The predicted octanol–water partition coefficient (Wildman–Crippen LogP) is 9.00. The highest BCUT2D eigenvalue weighted by Gasteiger charge is 2.23. The molecule has 1 amide bonds. The first-order chi connectivity index (χ1) is 19.9. The average molecular weight is 559 g/mol. The van der Waals surface area contributed by atoms with Gasteiger partial charge in [-0.15, -0.1) is 0 Å². The first-order valence-electron chi connectivity index (χ1n) is 14.2. The number of aryl methyl sites for hydroxylation is 3. The van der Waals surface area contributed by atoms with Crippen LogP contribution >= 0.6 is 11.8 Å². The number of benzene rings is 4. The molecule has 6 heteroatoms. The number of thioether (sulfide) groups is 1. The number of aromatic nitrogens is 3. The van der Waals surface area contributed by atoms with E-state index >= 15 is 0 Å². The molecule has 0 saturated heterocycles. The van der Waals surface area contributed by atoms with E-state index in [-0.39, 0.29) is 11.2 Å². The number of carbonyl (C=O) groups excluding carboxylic acids is 1. The normalized spacial score (nSPS) is 12.2. The van der Waals surface area contributed by atoms with E-state index in [2.05, 4.69) is 121 Å². The molecule has 2 N–H and O–H groups in total. The summed E-state index contributed by atoms with van der Waals surface area (Å²) in [5.74, 6) is -0.0266. The maximum Gasteiger partial charge on any atom is 0.237 e. The van der Waals surface area contributed by atoms with Crippen molar-refractivity contribution in [2.24, 2.45) is 0 Å². The second-order valence-corrected chi connectivity index (χ2v) is 11.7. The largest absolute Gasteiger partial charge is 0.341 e. The van der Waals surface area contributed by atoms with Crippen molar-refractivity contribution in [1.82, 2.24) is 14.5 Å². The molecular weight excluding hydrogens is 524 g/mol. The minimum atomic E-state index is -0.300. The monoisotopic (exact) mass is 558 g/mol. The zero-order valence-electron chi connectivity index (χ0n) is 23.9. The Morgan fingerprint density at radius 3 is 2.20 bits per heavy atom. The summed E-state index contributed by atoms with van der Waals surface area (Å²) in [5.41, 5.74) is 9.58. The van der Waals surface area contributed by atoms with Gasteiger partial charge in [0.1, 0.15) is 0 Å². The van der Waals surface area contributed by atoms with Crippen molar-refractivity contribution in [2.75, 3.05) is 5.32 Å². The van der Waals surface area contributed by atoms with Crippen LogP contribution in [0.5, 0.6) is 0 Å². The summed E-state index contributed by atoms with van der Waals surface area (Å²) in [6.07, 6.45) is 0.675.